The van der Waals surface area contributed by atoms with E-state index in [1.54, 1.807) is 23.8 Å². The predicted molar refractivity (Wildman–Crippen MR) is 117 cm³/mol. The lowest BCUT2D eigenvalue weighted by Crippen LogP contribution is -2.36. The maximum atomic E-state index is 12.6. The van der Waals surface area contributed by atoms with E-state index in [-0.39, 0.29) is 17.3 Å². The summed E-state index contributed by atoms with van der Waals surface area (Å²) < 4.78 is 12.8. The highest BCUT2D eigenvalue weighted by Gasteiger charge is 2.24. The Balaban J connectivity index is 1.46. The highest BCUT2D eigenvalue weighted by molar-refractivity contribution is 5.92. The minimum atomic E-state index is -1.00. The molecule has 2 heterocycles. The Morgan fingerprint density at radius 1 is 1.16 bits per heavy atom. The number of aromatic amines is 1. The lowest BCUT2D eigenvalue weighted by molar-refractivity contribution is 0.0697. The first-order valence-electron chi connectivity index (χ1n) is 10.5. The molecular weight excluding hydrogens is 398 g/mol. The molecule has 3 aromatic rings. The third-order valence-corrected chi connectivity index (χ3v) is 5.82. The smallest absolute Gasteiger partial charge is 0.335 e. The van der Waals surface area contributed by atoms with Gasteiger partial charge in [-0.05, 0) is 55.7 Å². The van der Waals surface area contributed by atoms with Gasteiger partial charge in [0.2, 0.25) is 0 Å². The van der Waals surface area contributed by atoms with Crippen molar-refractivity contribution in [1.29, 1.82) is 0 Å². The molecule has 0 amide bonds. The van der Waals surface area contributed by atoms with Gasteiger partial charge in [0.25, 0.3) is 0 Å². The first-order chi connectivity index (χ1) is 15.0. The molecule has 4 rings (SSSR count). The van der Waals surface area contributed by atoms with Crippen molar-refractivity contribution in [1.82, 2.24) is 14.5 Å². The Kier molecular flexibility index (Phi) is 5.99. The summed E-state index contributed by atoms with van der Waals surface area (Å²) in [7, 11) is 1.64. The fourth-order valence-corrected chi connectivity index (χ4v) is 4.31. The van der Waals surface area contributed by atoms with E-state index in [1.165, 1.54) is 6.07 Å². The van der Waals surface area contributed by atoms with Gasteiger partial charge in [-0.25, -0.2) is 9.59 Å². The summed E-state index contributed by atoms with van der Waals surface area (Å²) in [4.78, 5) is 28.9. The number of hydrogen-bond acceptors (Lipinski definition) is 5. The topological polar surface area (TPSA) is 96.8 Å². The maximum Gasteiger partial charge on any atom is 0.335 e. The summed E-state index contributed by atoms with van der Waals surface area (Å²) in [5, 5.41) is 9.18. The monoisotopic (exact) mass is 425 g/mol. The highest BCUT2D eigenvalue weighted by Crippen LogP contribution is 2.30. The second-order valence-electron chi connectivity index (χ2n) is 7.76. The minimum absolute atomic E-state index is 0.0861. The molecule has 0 spiro atoms. The van der Waals surface area contributed by atoms with Gasteiger partial charge in [-0.1, -0.05) is 6.07 Å². The standard InChI is InChI=1S/C23H27N3O5/c1-3-31-21-12-15(4-7-20(21)30-2)14-25-10-8-17(9-11-25)26-19-6-5-16(22(27)28)13-18(19)24-23(26)29/h4-7,12-13,17H,3,8-11,14H2,1-2H3,(H,24,29)(H,27,28). The number of rotatable bonds is 7. The molecule has 2 N–H and O–H groups in total. The van der Waals surface area contributed by atoms with E-state index in [9.17, 15) is 14.7 Å². The summed E-state index contributed by atoms with van der Waals surface area (Å²) in [5.74, 6) is 0.479. The van der Waals surface area contributed by atoms with Crippen molar-refractivity contribution in [3.63, 3.8) is 0 Å². The van der Waals surface area contributed by atoms with E-state index in [0.29, 0.717) is 12.1 Å². The first-order valence-corrected chi connectivity index (χ1v) is 10.5. The van der Waals surface area contributed by atoms with Crippen LogP contribution in [0.1, 0.15) is 41.7 Å². The molecule has 31 heavy (non-hydrogen) atoms. The van der Waals surface area contributed by atoms with E-state index >= 15 is 0 Å². The Morgan fingerprint density at radius 2 is 1.94 bits per heavy atom. The number of piperidine rings is 1. The molecule has 164 valence electrons. The van der Waals surface area contributed by atoms with Crippen LogP contribution in [0, 0.1) is 0 Å². The van der Waals surface area contributed by atoms with Gasteiger partial charge >= 0.3 is 11.7 Å². The van der Waals surface area contributed by atoms with Gasteiger partial charge in [0.15, 0.2) is 11.5 Å². The highest BCUT2D eigenvalue weighted by atomic mass is 16.5. The maximum absolute atomic E-state index is 12.6. The van der Waals surface area contributed by atoms with Crippen molar-refractivity contribution in [3.05, 3.63) is 58.0 Å². The number of aromatic nitrogens is 2. The molecule has 0 atom stereocenters. The number of nitrogens with one attached hydrogen (secondary N) is 1. The molecule has 8 nitrogen and oxygen atoms in total. The fourth-order valence-electron chi connectivity index (χ4n) is 4.31. The third kappa shape index (κ3) is 4.29. The molecule has 0 saturated carbocycles. The zero-order chi connectivity index (χ0) is 22.0. The van der Waals surface area contributed by atoms with Crippen LogP contribution < -0.4 is 15.2 Å². The molecular formula is C23H27N3O5. The van der Waals surface area contributed by atoms with Crippen LogP contribution in [0.3, 0.4) is 0 Å². The second-order valence-corrected chi connectivity index (χ2v) is 7.76. The Hall–Kier alpha value is -3.26. The predicted octanol–water partition coefficient (Wildman–Crippen LogP) is 3.27. The zero-order valence-corrected chi connectivity index (χ0v) is 17.8. The average Bonchev–Trinajstić information content (AvgIpc) is 3.09. The number of ether oxygens (including phenoxy) is 2. The molecule has 0 aliphatic carbocycles. The number of nitrogens with zero attached hydrogens (tertiary/aromatic N) is 2. The summed E-state index contributed by atoms with van der Waals surface area (Å²) >= 11 is 0. The van der Waals surface area contributed by atoms with Crippen LogP contribution in [0.5, 0.6) is 11.5 Å². The van der Waals surface area contributed by atoms with Gasteiger partial charge < -0.3 is 19.6 Å². The Bertz CT molecular complexity index is 1140. The number of hydrogen-bond donors (Lipinski definition) is 2. The van der Waals surface area contributed by atoms with Gasteiger partial charge in [-0.15, -0.1) is 0 Å². The SMILES string of the molecule is CCOc1cc(CN2CCC(n3c(=O)[nH]c4cc(C(=O)O)ccc43)CC2)ccc1OC. The number of carboxylic acid groups (broad SMARTS) is 1. The van der Waals surface area contributed by atoms with E-state index < -0.39 is 5.97 Å². The second kappa shape index (κ2) is 8.85. The van der Waals surface area contributed by atoms with Gasteiger partial charge in [-0.3, -0.25) is 9.47 Å². The number of benzene rings is 2. The van der Waals surface area contributed by atoms with Crippen LogP contribution >= 0.6 is 0 Å². The molecule has 0 unspecified atom stereocenters. The largest absolute Gasteiger partial charge is 0.493 e. The number of likely N-dealkylation sites (tertiary alicyclic amines) is 1. The molecule has 1 aliphatic heterocycles. The lowest BCUT2D eigenvalue weighted by atomic mass is 10.0. The number of imidazole rings is 1. The number of H-pyrrole nitrogens is 1. The molecule has 0 radical (unpaired) electrons. The third-order valence-electron chi connectivity index (χ3n) is 5.82. The summed E-state index contributed by atoms with van der Waals surface area (Å²) in [6, 6.07) is 10.9. The van der Waals surface area contributed by atoms with Crippen LogP contribution in [0.2, 0.25) is 0 Å². The van der Waals surface area contributed by atoms with E-state index in [2.05, 4.69) is 16.0 Å². The molecule has 1 fully saturated rings. The summed E-state index contributed by atoms with van der Waals surface area (Å²) in [5.41, 5.74) is 2.46. The fraction of sp³-hybridized carbons (Fsp3) is 0.391. The van der Waals surface area contributed by atoms with Crippen LogP contribution in [0.25, 0.3) is 11.0 Å². The molecule has 2 aromatic carbocycles. The van der Waals surface area contributed by atoms with Crippen LogP contribution in [-0.4, -0.2) is 52.3 Å². The Labute approximate surface area is 180 Å². The van der Waals surface area contributed by atoms with Crippen LogP contribution in [0.4, 0.5) is 0 Å². The number of aromatic carboxylic acids is 1. The molecule has 1 aromatic heterocycles. The normalized spacial score (nSPS) is 15.3. The summed E-state index contributed by atoms with van der Waals surface area (Å²) in [6.07, 6.45) is 1.70. The van der Waals surface area contributed by atoms with Gasteiger partial charge in [0, 0.05) is 25.7 Å². The molecule has 8 heteroatoms. The van der Waals surface area contributed by atoms with Crippen LogP contribution in [-0.2, 0) is 6.54 Å². The van der Waals surface area contributed by atoms with Crippen LogP contribution in [0.15, 0.2) is 41.2 Å². The van der Waals surface area contributed by atoms with Crippen molar-refractivity contribution in [2.24, 2.45) is 0 Å². The Morgan fingerprint density at radius 3 is 2.61 bits per heavy atom. The lowest BCUT2D eigenvalue weighted by Gasteiger charge is -2.32. The van der Waals surface area contributed by atoms with Crippen molar-refractivity contribution in [2.45, 2.75) is 32.4 Å². The van der Waals surface area contributed by atoms with Crippen molar-refractivity contribution < 1.29 is 19.4 Å². The molecule has 1 aliphatic rings. The first kappa shape index (κ1) is 21.0. The van der Waals surface area contributed by atoms with Gasteiger partial charge in [-0.2, -0.15) is 0 Å². The number of methoxy groups -OCH3 is 1. The average molecular weight is 425 g/mol. The minimum Gasteiger partial charge on any atom is -0.493 e. The quantitative estimate of drug-likeness (QED) is 0.603. The number of fused-ring (bicyclic) bond motifs is 1. The zero-order valence-electron chi connectivity index (χ0n) is 17.8. The summed E-state index contributed by atoms with van der Waals surface area (Å²) in [6.45, 7) is 5.08. The van der Waals surface area contributed by atoms with Gasteiger partial charge in [0.05, 0.1) is 30.3 Å². The number of carboxylic acids is 1. The molecule has 1 saturated heterocycles. The van der Waals surface area contributed by atoms with E-state index in [0.717, 1.165) is 55.1 Å². The van der Waals surface area contributed by atoms with E-state index in [1.807, 2.05) is 19.1 Å². The number of carbonyl (C=O) groups is 1. The van der Waals surface area contributed by atoms with Crippen molar-refractivity contribution in [3.8, 4) is 11.5 Å². The van der Waals surface area contributed by atoms with Crippen molar-refractivity contribution in [2.75, 3.05) is 26.8 Å². The van der Waals surface area contributed by atoms with Crippen molar-refractivity contribution >= 4 is 17.0 Å². The molecule has 0 bridgehead atoms. The van der Waals surface area contributed by atoms with E-state index in [4.69, 9.17) is 9.47 Å². The van der Waals surface area contributed by atoms with Gasteiger partial charge in [0.1, 0.15) is 0 Å².